The molecule has 12 aromatic rings. The van der Waals surface area contributed by atoms with Crippen molar-refractivity contribution in [3.63, 3.8) is 0 Å². The van der Waals surface area contributed by atoms with E-state index in [0.29, 0.717) is 5.82 Å². The molecule has 0 atom stereocenters. The molecule has 14 rings (SSSR count). The van der Waals surface area contributed by atoms with Crippen LogP contribution in [0.1, 0.15) is 44.5 Å². The minimum atomic E-state index is -0.533. The number of aromatic nitrogens is 2. The fourth-order valence-corrected chi connectivity index (χ4v) is 12.5. The lowest BCUT2D eigenvalue weighted by atomic mass is 9.67. The van der Waals surface area contributed by atoms with Crippen LogP contribution in [-0.4, -0.2) is 9.97 Å². The smallest absolute Gasteiger partial charge is 0.160 e. The topological polar surface area (TPSA) is 25.8 Å². The normalized spacial score (nSPS) is 13.5. The summed E-state index contributed by atoms with van der Waals surface area (Å²) in [5, 5.41) is 2.31. The number of fused-ring (bicyclic) bond motifs is 7. The summed E-state index contributed by atoms with van der Waals surface area (Å²) in [7, 11) is 0. The molecule has 0 N–H and O–H groups in total. The Bertz CT molecular complexity index is 3940. The molecular weight excluding hydrogens is 869 g/mol. The molecule has 0 amide bonds. The van der Waals surface area contributed by atoms with Gasteiger partial charge in [0.25, 0.3) is 0 Å². The second-order valence-corrected chi connectivity index (χ2v) is 19.1. The van der Waals surface area contributed by atoms with Crippen LogP contribution in [0.2, 0.25) is 0 Å². The maximum atomic E-state index is 5.44. The highest BCUT2D eigenvalue weighted by molar-refractivity contribution is 6.08. The van der Waals surface area contributed by atoms with E-state index in [1.807, 2.05) is 6.07 Å². The number of benzene rings is 11. The molecule has 2 nitrogen and oxygen atoms in total. The van der Waals surface area contributed by atoms with Gasteiger partial charge in [0.15, 0.2) is 5.82 Å². The van der Waals surface area contributed by atoms with Gasteiger partial charge in [-0.25, -0.2) is 9.97 Å². The van der Waals surface area contributed by atoms with Crippen LogP contribution >= 0.6 is 0 Å². The first-order valence-electron chi connectivity index (χ1n) is 24.9. The van der Waals surface area contributed by atoms with Crippen molar-refractivity contribution in [3.05, 3.63) is 324 Å². The van der Waals surface area contributed by atoms with E-state index in [2.05, 4.69) is 273 Å². The number of hydrogen-bond acceptors (Lipinski definition) is 2. The summed E-state index contributed by atoms with van der Waals surface area (Å²) in [6.07, 6.45) is 0. The second-order valence-electron chi connectivity index (χ2n) is 19.1. The summed E-state index contributed by atoms with van der Waals surface area (Å²) in [4.78, 5) is 10.9. The van der Waals surface area contributed by atoms with Crippen LogP contribution < -0.4 is 0 Å². The summed E-state index contributed by atoms with van der Waals surface area (Å²) in [5.41, 5.74) is 21.3. The van der Waals surface area contributed by atoms with Gasteiger partial charge in [0.1, 0.15) is 0 Å². The zero-order chi connectivity index (χ0) is 47.6. The minimum absolute atomic E-state index is 0.492. The van der Waals surface area contributed by atoms with Gasteiger partial charge >= 0.3 is 0 Å². The zero-order valence-electron chi connectivity index (χ0n) is 39.5. The summed E-state index contributed by atoms with van der Waals surface area (Å²) in [5.74, 6) is 0.688. The van der Waals surface area contributed by atoms with Crippen LogP contribution in [0.4, 0.5) is 0 Å². The van der Waals surface area contributed by atoms with E-state index in [1.54, 1.807) is 0 Å². The van der Waals surface area contributed by atoms with Crippen LogP contribution in [0.15, 0.2) is 279 Å². The number of hydrogen-bond donors (Lipinski definition) is 0. The molecule has 0 saturated heterocycles. The molecule has 2 aliphatic rings. The molecule has 1 heterocycles. The molecule has 0 saturated carbocycles. The first-order valence-corrected chi connectivity index (χ1v) is 24.9. The predicted molar refractivity (Wildman–Crippen MR) is 296 cm³/mol. The highest BCUT2D eigenvalue weighted by atomic mass is 14.9. The molecule has 0 bridgehead atoms. The van der Waals surface area contributed by atoms with Gasteiger partial charge in [-0.15, -0.1) is 0 Å². The minimum Gasteiger partial charge on any atom is -0.228 e. The average Bonchev–Trinajstić information content (AvgIpc) is 3.94. The Morgan fingerprint density at radius 2 is 0.653 bits per heavy atom. The fraction of sp³-hybridized carbons (Fsp3) is 0.0286. The van der Waals surface area contributed by atoms with E-state index in [9.17, 15) is 0 Å². The Balaban J connectivity index is 0.974. The third-order valence-corrected chi connectivity index (χ3v) is 15.5. The Kier molecular flexibility index (Phi) is 9.69. The van der Waals surface area contributed by atoms with E-state index in [1.165, 1.54) is 83.3 Å². The van der Waals surface area contributed by atoms with Crippen LogP contribution in [0.3, 0.4) is 0 Å². The monoisotopic (exact) mass is 914 g/mol. The Hall–Kier alpha value is -9.24. The van der Waals surface area contributed by atoms with Crippen molar-refractivity contribution in [3.8, 4) is 67.3 Å². The predicted octanol–water partition coefficient (Wildman–Crippen LogP) is 17.0. The van der Waals surface area contributed by atoms with Crippen molar-refractivity contribution in [2.24, 2.45) is 0 Å². The lowest BCUT2D eigenvalue weighted by molar-refractivity contribution is 0.768. The SMILES string of the molecule is c1ccc(-c2nc(-c3ccc4c(c3)C(c3ccccc3)(c3ccccc3)c3ccccc3-4)cc(-c3ccc(-c4cccc5c4-c4ccccc4C5(c4ccccc4)c4ccccc4)c4ccccc34)n2)cc1. The van der Waals surface area contributed by atoms with Gasteiger partial charge in [0.2, 0.25) is 0 Å². The lowest BCUT2D eigenvalue weighted by Crippen LogP contribution is -2.28. The maximum absolute atomic E-state index is 5.44. The van der Waals surface area contributed by atoms with Gasteiger partial charge in [-0.2, -0.15) is 0 Å². The molecule has 2 aliphatic carbocycles. The van der Waals surface area contributed by atoms with E-state index in [0.717, 1.165) is 33.5 Å². The van der Waals surface area contributed by atoms with Crippen molar-refractivity contribution < 1.29 is 0 Å². The quantitative estimate of drug-likeness (QED) is 0.152. The molecule has 0 unspecified atom stereocenters. The molecule has 0 radical (unpaired) electrons. The second kappa shape index (κ2) is 16.7. The summed E-state index contributed by atoms with van der Waals surface area (Å²) >= 11 is 0. The lowest BCUT2D eigenvalue weighted by Gasteiger charge is -2.34. The molecule has 72 heavy (non-hydrogen) atoms. The van der Waals surface area contributed by atoms with Gasteiger partial charge in [-0.1, -0.05) is 267 Å². The summed E-state index contributed by atoms with van der Waals surface area (Å²) in [6.45, 7) is 0. The van der Waals surface area contributed by atoms with Gasteiger partial charge < -0.3 is 0 Å². The van der Waals surface area contributed by atoms with Gasteiger partial charge in [0.05, 0.1) is 22.2 Å². The summed E-state index contributed by atoms with van der Waals surface area (Å²) < 4.78 is 0. The molecular formula is C70H46N2. The van der Waals surface area contributed by atoms with E-state index in [4.69, 9.17) is 9.97 Å². The highest BCUT2D eigenvalue weighted by Gasteiger charge is 2.48. The van der Waals surface area contributed by atoms with Crippen molar-refractivity contribution in [1.29, 1.82) is 0 Å². The Morgan fingerprint density at radius 1 is 0.236 bits per heavy atom. The van der Waals surface area contributed by atoms with Crippen LogP contribution in [0, 0.1) is 0 Å². The van der Waals surface area contributed by atoms with E-state index in [-0.39, 0.29) is 0 Å². The largest absolute Gasteiger partial charge is 0.228 e. The third-order valence-electron chi connectivity index (χ3n) is 15.5. The van der Waals surface area contributed by atoms with Gasteiger partial charge in [-0.3, -0.25) is 0 Å². The zero-order valence-corrected chi connectivity index (χ0v) is 39.5. The van der Waals surface area contributed by atoms with Crippen molar-refractivity contribution >= 4 is 10.8 Å². The Labute approximate surface area is 420 Å². The van der Waals surface area contributed by atoms with E-state index < -0.39 is 10.8 Å². The van der Waals surface area contributed by atoms with Gasteiger partial charge in [0, 0.05) is 16.7 Å². The standard InChI is InChI=1S/C70H46N2/c1-6-23-47(24-7-1)68-71-65(48-41-42-57-56-35-18-20-38-61(56)70(64(57)45-48,51-29-12-4-13-30-51)52-31-14-5-15-32-52)46-66(72-68)58-44-43-55(53-33-16-17-34-54(53)58)59-37-22-40-63-67(59)60-36-19-21-39-62(60)69(63,49-25-8-2-9-26-49)50-27-10-3-11-28-50/h1-46H. The maximum Gasteiger partial charge on any atom is 0.160 e. The molecule has 0 spiro atoms. The van der Waals surface area contributed by atoms with Crippen molar-refractivity contribution in [2.75, 3.05) is 0 Å². The molecule has 1 aromatic heterocycles. The Morgan fingerprint density at radius 3 is 1.26 bits per heavy atom. The van der Waals surface area contributed by atoms with Crippen LogP contribution in [0.25, 0.3) is 78.1 Å². The van der Waals surface area contributed by atoms with Crippen LogP contribution in [0.5, 0.6) is 0 Å². The third kappa shape index (κ3) is 6.16. The van der Waals surface area contributed by atoms with Crippen molar-refractivity contribution in [2.45, 2.75) is 10.8 Å². The first-order chi connectivity index (χ1) is 35.7. The van der Waals surface area contributed by atoms with Crippen molar-refractivity contribution in [1.82, 2.24) is 9.97 Å². The van der Waals surface area contributed by atoms with E-state index >= 15 is 0 Å². The van der Waals surface area contributed by atoms with Gasteiger partial charge in [-0.05, 0) is 101 Å². The van der Waals surface area contributed by atoms with Crippen LogP contribution in [-0.2, 0) is 10.8 Å². The molecule has 2 heteroatoms. The average molecular weight is 915 g/mol. The molecule has 336 valence electrons. The fourth-order valence-electron chi connectivity index (χ4n) is 12.5. The number of nitrogens with zero attached hydrogens (tertiary/aromatic N) is 2. The molecule has 0 aliphatic heterocycles. The number of rotatable bonds is 8. The highest BCUT2D eigenvalue weighted by Crippen LogP contribution is 2.59. The molecule has 11 aromatic carbocycles. The molecule has 0 fully saturated rings. The summed E-state index contributed by atoms with van der Waals surface area (Å²) in [6, 6.07) is 102. The first kappa shape index (κ1) is 41.7.